The third kappa shape index (κ3) is 2.17. The molecule has 4 nitrogen and oxygen atoms in total. The highest BCUT2D eigenvalue weighted by molar-refractivity contribution is 5.83. The lowest BCUT2D eigenvalue weighted by Crippen LogP contribution is -2.37. The third-order valence-corrected chi connectivity index (χ3v) is 5.61. The van der Waals surface area contributed by atoms with Crippen LogP contribution in [0.1, 0.15) is 36.4 Å². The first kappa shape index (κ1) is 13.3. The molecule has 2 fully saturated rings. The van der Waals surface area contributed by atoms with Gasteiger partial charge in [0, 0.05) is 12.3 Å². The van der Waals surface area contributed by atoms with E-state index in [1.165, 1.54) is 0 Å². The van der Waals surface area contributed by atoms with Crippen LogP contribution in [0.25, 0.3) is 0 Å². The summed E-state index contributed by atoms with van der Waals surface area (Å²) in [7, 11) is 0. The molecule has 3 atom stereocenters. The Morgan fingerprint density at radius 1 is 1.29 bits per heavy atom. The number of aliphatic hydroxyl groups is 1. The molecule has 0 bridgehead atoms. The average Bonchev–Trinajstić information content (AvgIpc) is 3.09. The van der Waals surface area contributed by atoms with Crippen molar-refractivity contribution < 1.29 is 9.90 Å². The van der Waals surface area contributed by atoms with Crippen LogP contribution in [0.3, 0.4) is 0 Å². The van der Waals surface area contributed by atoms with Crippen molar-refractivity contribution in [1.29, 1.82) is 0 Å². The number of rotatable bonds is 2. The van der Waals surface area contributed by atoms with Gasteiger partial charge in [0.05, 0.1) is 12.1 Å². The summed E-state index contributed by atoms with van der Waals surface area (Å²) in [6, 6.07) is 7.79. The zero-order chi connectivity index (χ0) is 14.4. The van der Waals surface area contributed by atoms with Crippen molar-refractivity contribution in [2.24, 2.45) is 11.3 Å². The number of benzene rings is 1. The molecule has 1 aromatic carbocycles. The molecule has 1 spiro atoms. The van der Waals surface area contributed by atoms with Crippen LogP contribution in [-0.4, -0.2) is 30.2 Å². The first-order valence-corrected chi connectivity index (χ1v) is 7.97. The number of nitrogens with one attached hydrogen (secondary N) is 2. The van der Waals surface area contributed by atoms with Crippen LogP contribution in [0.15, 0.2) is 24.3 Å². The molecule has 1 aliphatic heterocycles. The maximum atomic E-state index is 12.5. The molecule has 4 heteroatoms. The molecular formula is C17H22N2O2. The Hall–Kier alpha value is -1.39. The Labute approximate surface area is 124 Å². The van der Waals surface area contributed by atoms with Crippen molar-refractivity contribution >= 4 is 5.91 Å². The fourth-order valence-electron chi connectivity index (χ4n) is 4.20. The number of fused-ring (bicyclic) bond motifs is 1. The lowest BCUT2D eigenvalue weighted by molar-refractivity contribution is -0.124. The molecule has 1 saturated heterocycles. The molecule has 3 aliphatic rings. The van der Waals surface area contributed by atoms with Crippen LogP contribution in [0.5, 0.6) is 0 Å². The van der Waals surface area contributed by atoms with Gasteiger partial charge < -0.3 is 15.7 Å². The molecule has 2 aliphatic carbocycles. The summed E-state index contributed by atoms with van der Waals surface area (Å²) in [5.74, 6) is 0.289. The Morgan fingerprint density at radius 2 is 2.05 bits per heavy atom. The number of carbonyl (C=O) groups is 1. The van der Waals surface area contributed by atoms with Crippen molar-refractivity contribution in [1.82, 2.24) is 10.6 Å². The van der Waals surface area contributed by atoms with Gasteiger partial charge in [-0.15, -0.1) is 0 Å². The fraction of sp³-hybridized carbons (Fsp3) is 0.588. The van der Waals surface area contributed by atoms with Gasteiger partial charge >= 0.3 is 0 Å². The minimum atomic E-state index is -0.492. The molecule has 1 saturated carbocycles. The van der Waals surface area contributed by atoms with E-state index in [-0.39, 0.29) is 23.3 Å². The molecule has 0 aromatic heterocycles. The van der Waals surface area contributed by atoms with Gasteiger partial charge in [0.1, 0.15) is 0 Å². The summed E-state index contributed by atoms with van der Waals surface area (Å²) in [5, 5.41) is 16.7. The van der Waals surface area contributed by atoms with Gasteiger partial charge in [0.25, 0.3) is 0 Å². The van der Waals surface area contributed by atoms with Crippen LogP contribution >= 0.6 is 0 Å². The SMILES string of the molecule is O=C(N[C@@H]1c2ccccc2C[C@@H]1O)C1CC12CCNCC2. The van der Waals surface area contributed by atoms with Crippen molar-refractivity contribution in [2.45, 2.75) is 37.8 Å². The Morgan fingerprint density at radius 3 is 2.86 bits per heavy atom. The highest BCUT2D eigenvalue weighted by Gasteiger charge is 2.58. The largest absolute Gasteiger partial charge is 0.390 e. The summed E-state index contributed by atoms with van der Waals surface area (Å²) in [6.07, 6.45) is 3.38. The molecular weight excluding hydrogens is 264 g/mol. The highest BCUT2D eigenvalue weighted by Crippen LogP contribution is 2.58. The van der Waals surface area contributed by atoms with Gasteiger partial charge in [-0.1, -0.05) is 24.3 Å². The molecule has 112 valence electrons. The van der Waals surface area contributed by atoms with E-state index in [9.17, 15) is 9.90 Å². The Kier molecular flexibility index (Phi) is 3.05. The molecule has 1 aromatic rings. The monoisotopic (exact) mass is 286 g/mol. The Balaban J connectivity index is 1.46. The second-order valence-corrected chi connectivity index (χ2v) is 6.83. The second kappa shape index (κ2) is 4.82. The zero-order valence-electron chi connectivity index (χ0n) is 12.1. The molecule has 1 unspecified atom stereocenters. The summed E-state index contributed by atoms with van der Waals surface area (Å²) < 4.78 is 0. The summed E-state index contributed by atoms with van der Waals surface area (Å²) >= 11 is 0. The maximum Gasteiger partial charge on any atom is 0.224 e. The van der Waals surface area contributed by atoms with Crippen molar-refractivity contribution in [3.63, 3.8) is 0 Å². The maximum absolute atomic E-state index is 12.5. The van der Waals surface area contributed by atoms with Gasteiger partial charge in [0.15, 0.2) is 0 Å². The highest BCUT2D eigenvalue weighted by atomic mass is 16.3. The van der Waals surface area contributed by atoms with Crippen LogP contribution < -0.4 is 10.6 Å². The smallest absolute Gasteiger partial charge is 0.224 e. The van der Waals surface area contributed by atoms with E-state index in [2.05, 4.69) is 10.6 Å². The van der Waals surface area contributed by atoms with E-state index >= 15 is 0 Å². The van der Waals surface area contributed by atoms with Gasteiger partial charge in [-0.05, 0) is 48.9 Å². The van der Waals surface area contributed by atoms with E-state index in [0.29, 0.717) is 6.42 Å². The number of hydrogen-bond donors (Lipinski definition) is 3. The summed E-state index contributed by atoms with van der Waals surface area (Å²) in [4.78, 5) is 12.5. The fourth-order valence-corrected chi connectivity index (χ4v) is 4.20. The van der Waals surface area contributed by atoms with E-state index in [0.717, 1.165) is 43.5 Å². The first-order valence-electron chi connectivity index (χ1n) is 7.97. The molecule has 21 heavy (non-hydrogen) atoms. The van der Waals surface area contributed by atoms with Gasteiger partial charge in [-0.2, -0.15) is 0 Å². The molecule has 1 amide bonds. The van der Waals surface area contributed by atoms with Crippen molar-refractivity contribution in [3.8, 4) is 0 Å². The van der Waals surface area contributed by atoms with E-state index in [1.807, 2.05) is 24.3 Å². The van der Waals surface area contributed by atoms with Crippen molar-refractivity contribution in [2.75, 3.05) is 13.1 Å². The Bertz CT molecular complexity index is 566. The van der Waals surface area contributed by atoms with Gasteiger partial charge in [-0.3, -0.25) is 4.79 Å². The van der Waals surface area contributed by atoms with Gasteiger partial charge in [-0.25, -0.2) is 0 Å². The number of carbonyl (C=O) groups excluding carboxylic acids is 1. The standard InChI is InChI=1S/C17H22N2O2/c20-14-9-11-3-1-2-4-12(11)15(14)19-16(21)13-10-17(13)5-7-18-8-6-17/h1-4,13-15,18,20H,5-10H2,(H,19,21)/t13?,14-,15+/m0/s1. The number of hydrogen-bond acceptors (Lipinski definition) is 3. The summed E-state index contributed by atoms with van der Waals surface area (Å²) in [5.41, 5.74) is 2.49. The van der Waals surface area contributed by atoms with E-state index in [1.54, 1.807) is 0 Å². The number of amides is 1. The van der Waals surface area contributed by atoms with Crippen LogP contribution in [-0.2, 0) is 11.2 Å². The number of piperidine rings is 1. The van der Waals surface area contributed by atoms with Gasteiger partial charge in [0.2, 0.25) is 5.91 Å². The van der Waals surface area contributed by atoms with Crippen LogP contribution in [0.2, 0.25) is 0 Å². The van der Waals surface area contributed by atoms with Crippen molar-refractivity contribution in [3.05, 3.63) is 35.4 Å². The molecule has 0 radical (unpaired) electrons. The lowest BCUT2D eigenvalue weighted by atomic mass is 9.91. The lowest BCUT2D eigenvalue weighted by Gasteiger charge is -2.24. The zero-order valence-corrected chi connectivity index (χ0v) is 12.1. The van der Waals surface area contributed by atoms with E-state index in [4.69, 9.17) is 0 Å². The predicted octanol–water partition coefficient (Wildman–Crippen LogP) is 1.15. The predicted molar refractivity (Wildman–Crippen MR) is 79.7 cm³/mol. The molecule has 3 N–H and O–H groups in total. The second-order valence-electron chi connectivity index (χ2n) is 6.83. The minimum absolute atomic E-state index is 0.137. The third-order valence-electron chi connectivity index (χ3n) is 5.61. The number of aliphatic hydroxyl groups excluding tert-OH is 1. The molecule has 1 heterocycles. The quantitative estimate of drug-likeness (QED) is 0.764. The normalized spacial score (nSPS) is 32.7. The topological polar surface area (TPSA) is 61.4 Å². The average molecular weight is 286 g/mol. The van der Waals surface area contributed by atoms with Crippen LogP contribution in [0, 0.1) is 11.3 Å². The minimum Gasteiger partial charge on any atom is -0.390 e. The molecule has 4 rings (SSSR count). The first-order chi connectivity index (χ1) is 10.2. The van der Waals surface area contributed by atoms with Crippen LogP contribution in [0.4, 0.5) is 0 Å². The van der Waals surface area contributed by atoms with E-state index < -0.39 is 6.10 Å². The summed E-state index contributed by atoms with van der Waals surface area (Å²) in [6.45, 7) is 2.05.